The molecule has 2 fully saturated rings. The second-order valence-corrected chi connectivity index (χ2v) is 7.02. The summed E-state index contributed by atoms with van der Waals surface area (Å²) in [7, 11) is 0. The molecular formula is C18H18F2N2O4. The van der Waals surface area contributed by atoms with Crippen molar-refractivity contribution in [1.29, 1.82) is 0 Å². The summed E-state index contributed by atoms with van der Waals surface area (Å²) in [6.45, 7) is 0.685. The molecule has 8 heteroatoms. The Hall–Kier alpha value is -2.48. The largest absolute Gasteiger partial charge is 0.477 e. The quantitative estimate of drug-likeness (QED) is 0.869. The molecular weight excluding hydrogens is 346 g/mol. The van der Waals surface area contributed by atoms with Gasteiger partial charge >= 0.3 is 5.97 Å². The molecule has 138 valence electrons. The molecule has 1 aromatic heterocycles. The van der Waals surface area contributed by atoms with Gasteiger partial charge < -0.3 is 19.7 Å². The molecule has 1 saturated carbocycles. The first-order chi connectivity index (χ1) is 12.4. The summed E-state index contributed by atoms with van der Waals surface area (Å²) in [6, 6.07) is 0.848. The summed E-state index contributed by atoms with van der Waals surface area (Å²) < 4.78 is 31.5. The number of hydrogen-bond donors (Lipinski definition) is 2. The Labute approximate surface area is 147 Å². The van der Waals surface area contributed by atoms with Crippen LogP contribution >= 0.6 is 0 Å². The number of hydrogen-bond acceptors (Lipinski definition) is 4. The number of benzene rings is 1. The minimum absolute atomic E-state index is 0.0497. The van der Waals surface area contributed by atoms with E-state index in [0.29, 0.717) is 19.5 Å². The van der Waals surface area contributed by atoms with Crippen molar-refractivity contribution in [3.05, 3.63) is 39.7 Å². The summed E-state index contributed by atoms with van der Waals surface area (Å²) in [5.41, 5.74) is -1.64. The molecule has 2 N–H and O–H groups in total. The van der Waals surface area contributed by atoms with Crippen LogP contribution in [0.5, 0.6) is 0 Å². The van der Waals surface area contributed by atoms with Gasteiger partial charge in [0.15, 0.2) is 5.82 Å². The summed E-state index contributed by atoms with van der Waals surface area (Å²) in [4.78, 5) is 25.3. The van der Waals surface area contributed by atoms with Gasteiger partial charge in [-0.15, -0.1) is 0 Å². The van der Waals surface area contributed by atoms with Gasteiger partial charge in [0.1, 0.15) is 17.1 Å². The molecule has 1 aromatic carbocycles. The fraction of sp³-hybridized carbons (Fsp3) is 0.444. The minimum atomic E-state index is -1.42. The van der Waals surface area contributed by atoms with Crippen molar-refractivity contribution in [3.63, 3.8) is 0 Å². The summed E-state index contributed by atoms with van der Waals surface area (Å²) >= 11 is 0. The third kappa shape index (κ3) is 2.56. The molecule has 2 aliphatic rings. The number of carboxylic acid groups (broad SMARTS) is 1. The highest BCUT2D eigenvalue weighted by Crippen LogP contribution is 2.40. The number of aliphatic hydroxyl groups excluding tert-OH is 1. The molecule has 1 aliphatic heterocycles. The van der Waals surface area contributed by atoms with E-state index in [1.54, 1.807) is 0 Å². The van der Waals surface area contributed by atoms with Crippen molar-refractivity contribution in [2.75, 3.05) is 24.6 Å². The third-order valence-electron chi connectivity index (χ3n) is 5.21. The van der Waals surface area contributed by atoms with Crippen LogP contribution in [0.4, 0.5) is 14.5 Å². The minimum Gasteiger partial charge on any atom is -0.477 e. The number of halogens is 2. The normalized spacial score (nSPS) is 20.1. The molecule has 1 saturated heterocycles. The average Bonchev–Trinajstić information content (AvgIpc) is 3.33. The van der Waals surface area contributed by atoms with Gasteiger partial charge in [0.05, 0.1) is 10.9 Å². The molecule has 0 spiro atoms. The maximum Gasteiger partial charge on any atom is 0.341 e. The zero-order chi connectivity index (χ0) is 18.6. The predicted octanol–water partition coefficient (Wildman–Crippen LogP) is 2.13. The van der Waals surface area contributed by atoms with E-state index in [2.05, 4.69) is 0 Å². The van der Waals surface area contributed by atoms with Crippen molar-refractivity contribution < 1.29 is 23.8 Å². The standard InChI is InChI=1S/C18H18F2N2O4/c19-13-5-11-15(14(20)16(13)21-4-3-9(6-21)8-23)22(10-1-2-10)7-12(17(11)24)18(25)26/h5,7,9-10,23H,1-4,6,8H2,(H,25,26). The fourth-order valence-corrected chi connectivity index (χ4v) is 3.70. The van der Waals surface area contributed by atoms with Crippen LogP contribution in [0, 0.1) is 17.6 Å². The molecule has 2 heterocycles. The number of carboxylic acids is 1. The molecule has 26 heavy (non-hydrogen) atoms. The Balaban J connectivity index is 1.97. The highest BCUT2D eigenvalue weighted by Gasteiger charge is 2.32. The molecule has 4 rings (SSSR count). The molecule has 1 atom stereocenters. The van der Waals surface area contributed by atoms with Crippen molar-refractivity contribution in [2.24, 2.45) is 5.92 Å². The average molecular weight is 364 g/mol. The van der Waals surface area contributed by atoms with Crippen LogP contribution in [0.15, 0.2) is 17.1 Å². The second kappa shape index (κ2) is 6.05. The predicted molar refractivity (Wildman–Crippen MR) is 90.8 cm³/mol. The van der Waals surface area contributed by atoms with Crippen LogP contribution in [0.2, 0.25) is 0 Å². The number of aromatic carboxylic acids is 1. The summed E-state index contributed by atoms with van der Waals surface area (Å²) in [6.07, 6.45) is 3.29. The second-order valence-electron chi connectivity index (χ2n) is 7.02. The SMILES string of the molecule is O=C(O)c1cn(C2CC2)c2c(F)c(N3CCC(CO)C3)c(F)cc2c1=O. The Morgan fingerprint density at radius 3 is 2.58 bits per heavy atom. The zero-order valence-electron chi connectivity index (χ0n) is 13.9. The Kier molecular flexibility index (Phi) is 3.95. The molecule has 0 radical (unpaired) electrons. The van der Waals surface area contributed by atoms with E-state index >= 15 is 4.39 Å². The maximum atomic E-state index is 15.3. The lowest BCUT2D eigenvalue weighted by atomic mass is 10.1. The van der Waals surface area contributed by atoms with Crippen molar-refractivity contribution in [3.8, 4) is 0 Å². The van der Waals surface area contributed by atoms with E-state index in [9.17, 15) is 24.2 Å². The van der Waals surface area contributed by atoms with Gasteiger partial charge in [0.25, 0.3) is 0 Å². The highest BCUT2D eigenvalue weighted by molar-refractivity contribution is 5.94. The van der Waals surface area contributed by atoms with Crippen LogP contribution in [0.1, 0.15) is 35.7 Å². The van der Waals surface area contributed by atoms with Gasteiger partial charge in [-0.05, 0) is 25.3 Å². The summed E-state index contributed by atoms with van der Waals surface area (Å²) in [5, 5.41) is 18.3. The van der Waals surface area contributed by atoms with E-state index in [-0.39, 0.29) is 35.2 Å². The molecule has 6 nitrogen and oxygen atoms in total. The molecule has 0 bridgehead atoms. The lowest BCUT2D eigenvalue weighted by molar-refractivity contribution is 0.0694. The lowest BCUT2D eigenvalue weighted by Gasteiger charge is -2.22. The number of aromatic nitrogens is 1. The first-order valence-electron chi connectivity index (χ1n) is 8.58. The van der Waals surface area contributed by atoms with Gasteiger partial charge in [0, 0.05) is 37.9 Å². The molecule has 1 aliphatic carbocycles. The highest BCUT2D eigenvalue weighted by atomic mass is 19.1. The zero-order valence-corrected chi connectivity index (χ0v) is 13.9. The van der Waals surface area contributed by atoms with Crippen LogP contribution < -0.4 is 10.3 Å². The number of aliphatic hydroxyl groups is 1. The third-order valence-corrected chi connectivity index (χ3v) is 5.21. The van der Waals surface area contributed by atoms with Gasteiger partial charge in [-0.3, -0.25) is 4.79 Å². The molecule has 2 aromatic rings. The van der Waals surface area contributed by atoms with Gasteiger partial charge in [-0.1, -0.05) is 0 Å². The van der Waals surface area contributed by atoms with Crippen LogP contribution in [0.25, 0.3) is 10.9 Å². The first-order valence-corrected chi connectivity index (χ1v) is 8.58. The Bertz CT molecular complexity index is 968. The van der Waals surface area contributed by atoms with Crippen molar-refractivity contribution in [2.45, 2.75) is 25.3 Å². The number of pyridine rings is 1. The Morgan fingerprint density at radius 2 is 2.00 bits per heavy atom. The van der Waals surface area contributed by atoms with Crippen molar-refractivity contribution >= 4 is 22.6 Å². The molecule has 0 amide bonds. The van der Waals surface area contributed by atoms with E-state index in [1.165, 1.54) is 9.47 Å². The van der Waals surface area contributed by atoms with Gasteiger partial charge in [-0.25, -0.2) is 13.6 Å². The smallest absolute Gasteiger partial charge is 0.341 e. The van der Waals surface area contributed by atoms with E-state index in [4.69, 9.17) is 0 Å². The van der Waals surface area contributed by atoms with Gasteiger partial charge in [0.2, 0.25) is 5.43 Å². The van der Waals surface area contributed by atoms with E-state index in [1.807, 2.05) is 0 Å². The number of anilines is 1. The maximum absolute atomic E-state index is 15.3. The lowest BCUT2D eigenvalue weighted by Crippen LogP contribution is -2.25. The monoisotopic (exact) mass is 364 g/mol. The topological polar surface area (TPSA) is 82.8 Å². The van der Waals surface area contributed by atoms with E-state index < -0.39 is 28.6 Å². The number of carbonyl (C=O) groups is 1. The van der Waals surface area contributed by atoms with Crippen LogP contribution in [0.3, 0.4) is 0 Å². The Morgan fingerprint density at radius 1 is 1.27 bits per heavy atom. The van der Waals surface area contributed by atoms with Gasteiger partial charge in [-0.2, -0.15) is 0 Å². The summed E-state index contributed by atoms with van der Waals surface area (Å²) in [5.74, 6) is -3.21. The van der Waals surface area contributed by atoms with Crippen LogP contribution in [-0.2, 0) is 0 Å². The van der Waals surface area contributed by atoms with Crippen molar-refractivity contribution in [1.82, 2.24) is 4.57 Å². The number of nitrogens with zero attached hydrogens (tertiary/aromatic N) is 2. The van der Waals surface area contributed by atoms with E-state index in [0.717, 1.165) is 25.1 Å². The first kappa shape index (κ1) is 17.0. The number of fused-ring (bicyclic) bond motifs is 1. The van der Waals surface area contributed by atoms with Crippen LogP contribution in [-0.4, -0.2) is 40.4 Å². The molecule has 1 unspecified atom stereocenters. The fourth-order valence-electron chi connectivity index (χ4n) is 3.70. The number of rotatable bonds is 4.